The molecule has 1 N–H and O–H groups in total. The molecule has 2 amide bonds. The number of esters is 1. The molecular formula is C23H26N2O4. The third-order valence-corrected chi connectivity index (χ3v) is 5.13. The number of amides is 2. The summed E-state index contributed by atoms with van der Waals surface area (Å²) in [6.45, 7) is 5.79. The van der Waals surface area contributed by atoms with Gasteiger partial charge in [0.2, 0.25) is 5.91 Å². The van der Waals surface area contributed by atoms with Crippen molar-refractivity contribution < 1.29 is 19.1 Å². The fraction of sp³-hybridized carbons (Fsp3) is 0.348. The molecule has 0 aliphatic carbocycles. The predicted octanol–water partition coefficient (Wildman–Crippen LogP) is 3.40. The first-order valence-electron chi connectivity index (χ1n) is 9.80. The Morgan fingerprint density at radius 3 is 2.55 bits per heavy atom. The lowest BCUT2D eigenvalue weighted by molar-refractivity contribution is -0.151. The van der Waals surface area contributed by atoms with Gasteiger partial charge in [-0.2, -0.15) is 0 Å². The molecule has 1 aliphatic heterocycles. The molecule has 6 heteroatoms. The van der Waals surface area contributed by atoms with E-state index in [0.717, 1.165) is 23.2 Å². The van der Waals surface area contributed by atoms with Crippen LogP contribution in [0.3, 0.4) is 0 Å². The highest BCUT2D eigenvalue weighted by Crippen LogP contribution is 2.26. The highest BCUT2D eigenvalue weighted by Gasteiger charge is 2.36. The Kier molecular flexibility index (Phi) is 6.32. The summed E-state index contributed by atoms with van der Waals surface area (Å²) in [6.07, 6.45) is 1.01. The number of carbonyl (C=O) groups excluding carboxylic acids is 3. The molecule has 29 heavy (non-hydrogen) atoms. The van der Waals surface area contributed by atoms with Crippen LogP contribution in [0, 0.1) is 19.8 Å². The summed E-state index contributed by atoms with van der Waals surface area (Å²) in [7, 11) is 0. The second kappa shape index (κ2) is 8.90. The molecule has 0 unspecified atom stereocenters. The van der Waals surface area contributed by atoms with Crippen LogP contribution in [-0.2, 0) is 25.5 Å². The van der Waals surface area contributed by atoms with Gasteiger partial charge in [0, 0.05) is 24.3 Å². The maximum atomic E-state index is 12.4. The van der Waals surface area contributed by atoms with E-state index in [-0.39, 0.29) is 25.5 Å². The monoisotopic (exact) mass is 394 g/mol. The average molecular weight is 394 g/mol. The molecule has 0 radical (unpaired) electrons. The smallest absolute Gasteiger partial charge is 0.311 e. The zero-order chi connectivity index (χ0) is 21.0. The molecule has 0 bridgehead atoms. The Morgan fingerprint density at radius 1 is 1.14 bits per heavy atom. The molecule has 1 saturated heterocycles. The minimum absolute atomic E-state index is 0.0902. The zero-order valence-electron chi connectivity index (χ0n) is 17.0. The van der Waals surface area contributed by atoms with Crippen molar-refractivity contribution in [2.75, 3.05) is 23.4 Å². The minimum Gasteiger partial charge on any atom is -0.455 e. The normalized spacial score (nSPS) is 16.0. The van der Waals surface area contributed by atoms with Gasteiger partial charge in [-0.1, -0.05) is 31.2 Å². The first kappa shape index (κ1) is 20.6. The van der Waals surface area contributed by atoms with Crippen molar-refractivity contribution in [1.29, 1.82) is 0 Å². The van der Waals surface area contributed by atoms with Gasteiger partial charge in [0.1, 0.15) is 0 Å². The standard InChI is InChI=1S/C23H26N2O4/c1-4-17-7-9-19(10-8-17)25-13-18(12-22(25)27)23(28)29-14-21(26)24-20-11-15(2)5-6-16(20)3/h5-11,18H,4,12-14H2,1-3H3,(H,24,26)/t18-/m0/s1. The molecule has 1 aliphatic rings. The first-order chi connectivity index (χ1) is 13.9. The van der Waals surface area contributed by atoms with Crippen molar-refractivity contribution >= 4 is 29.2 Å². The number of carbonyl (C=O) groups is 3. The molecule has 0 spiro atoms. The molecule has 0 saturated carbocycles. The van der Waals surface area contributed by atoms with Crippen LogP contribution in [0.4, 0.5) is 11.4 Å². The Hall–Kier alpha value is -3.15. The van der Waals surface area contributed by atoms with Gasteiger partial charge in [-0.25, -0.2) is 0 Å². The van der Waals surface area contributed by atoms with Crippen molar-refractivity contribution in [3.63, 3.8) is 0 Å². The van der Waals surface area contributed by atoms with Gasteiger partial charge in [-0.15, -0.1) is 0 Å². The minimum atomic E-state index is -0.568. The third kappa shape index (κ3) is 5.02. The van der Waals surface area contributed by atoms with Crippen LogP contribution in [-0.4, -0.2) is 30.9 Å². The highest BCUT2D eigenvalue weighted by atomic mass is 16.5. The number of nitrogens with one attached hydrogen (secondary N) is 1. The maximum Gasteiger partial charge on any atom is 0.311 e. The van der Waals surface area contributed by atoms with E-state index in [2.05, 4.69) is 12.2 Å². The fourth-order valence-electron chi connectivity index (χ4n) is 3.34. The number of anilines is 2. The molecule has 3 rings (SSSR count). The number of aryl methyl sites for hydroxylation is 3. The van der Waals surface area contributed by atoms with Crippen molar-refractivity contribution in [2.45, 2.75) is 33.6 Å². The van der Waals surface area contributed by atoms with Crippen LogP contribution in [0.2, 0.25) is 0 Å². The third-order valence-electron chi connectivity index (χ3n) is 5.13. The van der Waals surface area contributed by atoms with Gasteiger partial charge in [0.15, 0.2) is 6.61 Å². The Morgan fingerprint density at radius 2 is 1.86 bits per heavy atom. The topological polar surface area (TPSA) is 75.7 Å². The molecule has 2 aromatic rings. The average Bonchev–Trinajstić information content (AvgIpc) is 3.10. The molecule has 6 nitrogen and oxygen atoms in total. The van der Waals surface area contributed by atoms with Gasteiger partial charge in [0.25, 0.3) is 5.91 Å². The van der Waals surface area contributed by atoms with Gasteiger partial charge in [0.05, 0.1) is 5.92 Å². The van der Waals surface area contributed by atoms with E-state index in [1.807, 2.05) is 56.3 Å². The zero-order valence-corrected chi connectivity index (χ0v) is 17.0. The van der Waals surface area contributed by atoms with Crippen molar-refractivity contribution in [2.24, 2.45) is 5.92 Å². The molecule has 1 fully saturated rings. The molecule has 2 aromatic carbocycles. The number of rotatable bonds is 6. The van der Waals surface area contributed by atoms with Crippen LogP contribution in [0.15, 0.2) is 42.5 Å². The van der Waals surface area contributed by atoms with Gasteiger partial charge in [-0.3, -0.25) is 14.4 Å². The lowest BCUT2D eigenvalue weighted by Gasteiger charge is -2.17. The Balaban J connectivity index is 1.53. The number of ether oxygens (including phenoxy) is 1. The molecule has 0 aromatic heterocycles. The van der Waals surface area contributed by atoms with E-state index in [0.29, 0.717) is 5.69 Å². The van der Waals surface area contributed by atoms with Crippen LogP contribution in [0.5, 0.6) is 0 Å². The van der Waals surface area contributed by atoms with Crippen molar-refractivity contribution in [1.82, 2.24) is 0 Å². The van der Waals surface area contributed by atoms with Crippen molar-refractivity contribution in [3.8, 4) is 0 Å². The summed E-state index contributed by atoms with van der Waals surface area (Å²) < 4.78 is 5.17. The maximum absolute atomic E-state index is 12.4. The SMILES string of the molecule is CCc1ccc(N2C[C@@H](C(=O)OCC(=O)Nc3cc(C)ccc3C)CC2=O)cc1. The van der Waals surface area contributed by atoms with Gasteiger partial charge < -0.3 is 15.0 Å². The summed E-state index contributed by atoms with van der Waals surface area (Å²) in [6, 6.07) is 13.5. The van der Waals surface area contributed by atoms with Crippen LogP contribution < -0.4 is 10.2 Å². The van der Waals surface area contributed by atoms with Crippen molar-refractivity contribution in [3.05, 3.63) is 59.2 Å². The quantitative estimate of drug-likeness (QED) is 0.762. The second-order valence-corrected chi connectivity index (χ2v) is 7.40. The number of hydrogen-bond donors (Lipinski definition) is 1. The lowest BCUT2D eigenvalue weighted by Crippen LogP contribution is -2.28. The molecule has 1 atom stereocenters. The second-order valence-electron chi connectivity index (χ2n) is 7.40. The van der Waals surface area contributed by atoms with Gasteiger partial charge in [-0.05, 0) is 55.2 Å². The van der Waals surface area contributed by atoms with E-state index < -0.39 is 17.8 Å². The summed E-state index contributed by atoms with van der Waals surface area (Å²) in [5.41, 5.74) is 4.62. The first-order valence-corrected chi connectivity index (χ1v) is 9.80. The highest BCUT2D eigenvalue weighted by molar-refractivity contribution is 6.00. The van der Waals surface area contributed by atoms with Crippen LogP contribution >= 0.6 is 0 Å². The molecule has 152 valence electrons. The van der Waals surface area contributed by atoms with Crippen LogP contribution in [0.25, 0.3) is 0 Å². The number of nitrogens with zero attached hydrogens (tertiary/aromatic N) is 1. The summed E-state index contributed by atoms with van der Waals surface area (Å²) >= 11 is 0. The van der Waals surface area contributed by atoms with E-state index in [1.54, 1.807) is 4.90 Å². The molecular weight excluding hydrogens is 368 g/mol. The Bertz CT molecular complexity index is 921. The number of hydrogen-bond acceptors (Lipinski definition) is 4. The van der Waals surface area contributed by atoms with E-state index in [4.69, 9.17) is 4.74 Å². The molecule has 1 heterocycles. The van der Waals surface area contributed by atoms with E-state index in [1.165, 1.54) is 5.56 Å². The summed E-state index contributed by atoms with van der Waals surface area (Å²) in [5.74, 6) is -1.61. The predicted molar refractivity (Wildman–Crippen MR) is 112 cm³/mol. The summed E-state index contributed by atoms with van der Waals surface area (Å²) in [4.78, 5) is 38.4. The van der Waals surface area contributed by atoms with Crippen LogP contribution in [0.1, 0.15) is 30.0 Å². The van der Waals surface area contributed by atoms with Gasteiger partial charge >= 0.3 is 5.97 Å². The fourth-order valence-corrected chi connectivity index (χ4v) is 3.34. The lowest BCUT2D eigenvalue weighted by atomic mass is 10.1. The number of benzene rings is 2. The van der Waals surface area contributed by atoms with E-state index >= 15 is 0 Å². The summed E-state index contributed by atoms with van der Waals surface area (Å²) in [5, 5.41) is 2.76. The largest absolute Gasteiger partial charge is 0.455 e. The Labute approximate surface area is 170 Å². The van der Waals surface area contributed by atoms with E-state index in [9.17, 15) is 14.4 Å².